The first-order valence-electron chi connectivity index (χ1n) is 10.7. The summed E-state index contributed by atoms with van der Waals surface area (Å²) < 4.78 is 41.5. The van der Waals surface area contributed by atoms with Crippen molar-refractivity contribution in [2.24, 2.45) is 0 Å². The summed E-state index contributed by atoms with van der Waals surface area (Å²) in [4.78, 5) is 26.4. The smallest absolute Gasteiger partial charge is 0.270 e. The summed E-state index contributed by atoms with van der Waals surface area (Å²) in [6.07, 6.45) is -2.09. The summed E-state index contributed by atoms with van der Waals surface area (Å²) >= 11 is 12.1. The van der Waals surface area contributed by atoms with E-state index in [4.69, 9.17) is 23.2 Å². The second-order valence-corrected chi connectivity index (χ2v) is 9.23. The van der Waals surface area contributed by atoms with Crippen LogP contribution in [0.5, 0.6) is 0 Å². The Bertz CT molecular complexity index is 1310. The number of fused-ring (bicyclic) bond motifs is 1. The Morgan fingerprint density at radius 1 is 0.914 bits per heavy atom. The van der Waals surface area contributed by atoms with Crippen LogP contribution in [0, 0.1) is 13.8 Å². The molecule has 1 aliphatic rings. The summed E-state index contributed by atoms with van der Waals surface area (Å²) in [5, 5.41) is 0.340. The normalized spacial score (nSPS) is 14.7. The van der Waals surface area contributed by atoms with Crippen LogP contribution >= 0.6 is 23.2 Å². The van der Waals surface area contributed by atoms with Crippen molar-refractivity contribution < 1.29 is 22.8 Å². The van der Waals surface area contributed by atoms with Crippen molar-refractivity contribution in [2.75, 3.05) is 0 Å². The lowest BCUT2D eigenvalue weighted by molar-refractivity contribution is -0.139. The number of allylic oxidation sites excluding steroid dienone is 1. The van der Waals surface area contributed by atoms with Crippen molar-refractivity contribution >= 4 is 41.1 Å². The molecule has 0 N–H and O–H groups in total. The molecule has 2 amide bonds. The molecule has 0 aromatic heterocycles. The lowest BCUT2D eigenvalue weighted by Crippen LogP contribution is -2.29. The first kappa shape index (κ1) is 25.0. The molecule has 1 aliphatic heterocycles. The van der Waals surface area contributed by atoms with Crippen molar-refractivity contribution in [1.82, 2.24) is 4.90 Å². The number of carbonyl (C=O) groups is 2. The van der Waals surface area contributed by atoms with E-state index in [0.29, 0.717) is 22.3 Å². The Balaban J connectivity index is 1.57. The number of aryl methyl sites for hydroxylation is 1. The Morgan fingerprint density at radius 2 is 1.49 bits per heavy atom. The second kappa shape index (κ2) is 9.51. The average Bonchev–Trinajstić information content (AvgIpc) is 3.03. The molecule has 0 spiro atoms. The fourth-order valence-electron chi connectivity index (χ4n) is 4.01. The molecule has 8 heteroatoms. The molecule has 4 rings (SSSR count). The molecule has 0 bridgehead atoms. The second-order valence-electron chi connectivity index (χ2n) is 8.42. The lowest BCUT2D eigenvalue weighted by Gasteiger charge is -2.19. The fraction of sp³-hybridized carbons (Fsp3) is 0.185. The molecule has 1 unspecified atom stereocenters. The number of rotatable bonds is 5. The summed E-state index contributed by atoms with van der Waals surface area (Å²) in [5.74, 6) is -2.62. The van der Waals surface area contributed by atoms with Crippen LogP contribution < -0.4 is 0 Å². The van der Waals surface area contributed by atoms with Crippen molar-refractivity contribution in [3.05, 3.63) is 110 Å². The van der Waals surface area contributed by atoms with Crippen LogP contribution in [0.15, 0.2) is 60.7 Å². The Morgan fingerprint density at radius 3 is 2.00 bits per heavy atom. The Hall–Kier alpha value is -3.09. The van der Waals surface area contributed by atoms with E-state index in [-0.39, 0.29) is 34.0 Å². The maximum Gasteiger partial charge on any atom is 0.399 e. The zero-order valence-corrected chi connectivity index (χ0v) is 20.3. The standard InChI is InChI=1S/C27H20Cl2F3NO2/c1-15-11-17(8-10-22(27(30,31)32)19-12-23(28)16(2)24(29)13-19)7-9-18(15)14-33-25(34)20-5-3-4-6-21(20)26(33)35/h3-13,22H,14H2,1-2H3/b10-8+. The van der Waals surface area contributed by atoms with Gasteiger partial charge >= 0.3 is 6.18 Å². The first-order chi connectivity index (χ1) is 16.5. The molecule has 1 heterocycles. The highest BCUT2D eigenvalue weighted by Crippen LogP contribution is 2.39. The highest BCUT2D eigenvalue weighted by molar-refractivity contribution is 6.36. The molecule has 1 atom stereocenters. The zero-order chi connectivity index (χ0) is 25.5. The van der Waals surface area contributed by atoms with Gasteiger partial charge in [0.25, 0.3) is 11.8 Å². The lowest BCUT2D eigenvalue weighted by atomic mass is 9.95. The summed E-state index contributed by atoms with van der Waals surface area (Å²) in [5.41, 5.74) is 3.22. The van der Waals surface area contributed by atoms with Gasteiger partial charge in [-0.2, -0.15) is 13.2 Å². The minimum Gasteiger partial charge on any atom is -0.270 e. The van der Waals surface area contributed by atoms with Gasteiger partial charge < -0.3 is 0 Å². The van der Waals surface area contributed by atoms with Crippen LogP contribution in [-0.4, -0.2) is 22.9 Å². The van der Waals surface area contributed by atoms with E-state index in [9.17, 15) is 22.8 Å². The van der Waals surface area contributed by atoms with E-state index < -0.39 is 12.1 Å². The number of halogens is 5. The molecule has 0 aliphatic carbocycles. The Kier molecular flexibility index (Phi) is 6.80. The summed E-state index contributed by atoms with van der Waals surface area (Å²) in [6, 6.07) is 14.3. The van der Waals surface area contributed by atoms with Crippen LogP contribution in [-0.2, 0) is 6.54 Å². The van der Waals surface area contributed by atoms with Gasteiger partial charge in [0.2, 0.25) is 0 Å². The molecule has 3 nitrogen and oxygen atoms in total. The molecule has 0 saturated carbocycles. The third-order valence-corrected chi connectivity index (χ3v) is 6.85. The van der Waals surface area contributed by atoms with Gasteiger partial charge in [-0.15, -0.1) is 0 Å². The fourth-order valence-corrected chi connectivity index (χ4v) is 4.52. The first-order valence-corrected chi connectivity index (χ1v) is 11.5. The third kappa shape index (κ3) is 5.00. The Labute approximate surface area is 210 Å². The number of imide groups is 1. The van der Waals surface area contributed by atoms with Gasteiger partial charge in [0.15, 0.2) is 0 Å². The van der Waals surface area contributed by atoms with Gasteiger partial charge in [0, 0.05) is 10.0 Å². The number of benzene rings is 3. The van der Waals surface area contributed by atoms with E-state index in [2.05, 4.69) is 0 Å². The van der Waals surface area contributed by atoms with Crippen molar-refractivity contribution in [3.8, 4) is 0 Å². The molecule has 0 radical (unpaired) electrons. The minimum absolute atomic E-state index is 0.0479. The van der Waals surface area contributed by atoms with Gasteiger partial charge in [-0.05, 0) is 65.9 Å². The number of carbonyl (C=O) groups excluding carboxylic acids is 2. The monoisotopic (exact) mass is 517 g/mol. The number of nitrogens with zero attached hydrogens (tertiary/aromatic N) is 1. The number of alkyl halides is 3. The van der Waals surface area contributed by atoms with Crippen LogP contribution in [0.1, 0.15) is 54.5 Å². The maximum atomic E-state index is 13.8. The van der Waals surface area contributed by atoms with Crippen molar-refractivity contribution in [1.29, 1.82) is 0 Å². The number of amides is 2. The SMILES string of the molecule is Cc1cc(/C=C/C(c2cc(Cl)c(C)c(Cl)c2)C(F)(F)F)ccc1CN1C(=O)c2ccccc2C1=O. The predicted octanol–water partition coefficient (Wildman–Crippen LogP) is 7.77. The van der Waals surface area contributed by atoms with Gasteiger partial charge in [0.05, 0.1) is 23.6 Å². The van der Waals surface area contributed by atoms with Crippen LogP contribution in [0.25, 0.3) is 6.08 Å². The van der Waals surface area contributed by atoms with Gasteiger partial charge in [0.1, 0.15) is 0 Å². The maximum absolute atomic E-state index is 13.8. The average molecular weight is 518 g/mol. The van der Waals surface area contributed by atoms with E-state index in [0.717, 1.165) is 17.2 Å². The summed E-state index contributed by atoms with van der Waals surface area (Å²) in [7, 11) is 0. The van der Waals surface area contributed by atoms with Gasteiger partial charge in [-0.3, -0.25) is 14.5 Å². The van der Waals surface area contributed by atoms with Crippen molar-refractivity contribution in [3.63, 3.8) is 0 Å². The van der Waals surface area contributed by atoms with Crippen molar-refractivity contribution in [2.45, 2.75) is 32.5 Å². The largest absolute Gasteiger partial charge is 0.399 e. The van der Waals surface area contributed by atoms with E-state index in [1.165, 1.54) is 23.1 Å². The zero-order valence-electron chi connectivity index (χ0n) is 18.8. The molecule has 35 heavy (non-hydrogen) atoms. The van der Waals surface area contributed by atoms with Gasteiger partial charge in [-0.25, -0.2) is 0 Å². The number of hydrogen-bond donors (Lipinski definition) is 0. The van der Waals surface area contributed by atoms with E-state index >= 15 is 0 Å². The molecule has 3 aromatic carbocycles. The highest BCUT2D eigenvalue weighted by atomic mass is 35.5. The molecule has 0 saturated heterocycles. The molecular formula is C27H20Cl2F3NO2. The van der Waals surface area contributed by atoms with E-state index in [1.807, 2.05) is 0 Å². The topological polar surface area (TPSA) is 37.4 Å². The molecule has 0 fully saturated rings. The highest BCUT2D eigenvalue weighted by Gasteiger charge is 2.39. The molecule has 180 valence electrons. The van der Waals surface area contributed by atoms with Gasteiger partial charge in [-0.1, -0.05) is 65.7 Å². The number of hydrogen-bond acceptors (Lipinski definition) is 2. The van der Waals surface area contributed by atoms with Crippen LogP contribution in [0.4, 0.5) is 13.2 Å². The predicted molar refractivity (Wildman–Crippen MR) is 131 cm³/mol. The van der Waals surface area contributed by atoms with E-state index in [1.54, 1.807) is 56.3 Å². The molecule has 3 aromatic rings. The quantitative estimate of drug-likeness (QED) is 0.324. The molecular weight excluding hydrogens is 498 g/mol. The third-order valence-electron chi connectivity index (χ3n) is 6.07. The van der Waals surface area contributed by atoms with Crippen LogP contribution in [0.2, 0.25) is 10.0 Å². The van der Waals surface area contributed by atoms with Crippen LogP contribution in [0.3, 0.4) is 0 Å². The minimum atomic E-state index is -4.54. The summed E-state index contributed by atoms with van der Waals surface area (Å²) in [6.45, 7) is 3.50.